The van der Waals surface area contributed by atoms with E-state index in [-0.39, 0.29) is 5.12 Å². The van der Waals surface area contributed by atoms with Gasteiger partial charge in [-0.25, -0.2) is 0 Å². The van der Waals surface area contributed by atoms with Gasteiger partial charge in [-0.15, -0.1) is 23.5 Å². The molecule has 1 heterocycles. The molecule has 1 unspecified atom stereocenters. The SMILES string of the molecule is C=CC(=O)SCC1=C(C)SC(c2ccc(-c3ccccc3)cc2)S1. The van der Waals surface area contributed by atoms with Crippen molar-refractivity contribution in [1.29, 1.82) is 0 Å². The van der Waals surface area contributed by atoms with Crippen LogP contribution in [-0.4, -0.2) is 10.9 Å². The highest BCUT2D eigenvalue weighted by Gasteiger charge is 2.25. The Labute approximate surface area is 156 Å². The van der Waals surface area contributed by atoms with E-state index in [1.807, 2.05) is 29.6 Å². The molecule has 0 aromatic heterocycles. The molecule has 1 atom stereocenters. The average molecular weight is 371 g/mol. The molecule has 3 rings (SSSR count). The van der Waals surface area contributed by atoms with Crippen molar-refractivity contribution in [3.8, 4) is 11.1 Å². The Kier molecular flexibility index (Phi) is 5.93. The second-order valence-electron chi connectivity index (χ2n) is 5.35. The molecule has 2 aromatic carbocycles. The predicted molar refractivity (Wildman–Crippen MR) is 110 cm³/mol. The summed E-state index contributed by atoms with van der Waals surface area (Å²) in [6.45, 7) is 5.67. The lowest BCUT2D eigenvalue weighted by Crippen LogP contribution is -1.90. The maximum atomic E-state index is 11.4. The first-order valence-corrected chi connectivity index (χ1v) is 10.4. The highest BCUT2D eigenvalue weighted by atomic mass is 32.2. The van der Waals surface area contributed by atoms with Crippen molar-refractivity contribution in [3.63, 3.8) is 0 Å². The zero-order valence-electron chi connectivity index (χ0n) is 13.4. The van der Waals surface area contributed by atoms with E-state index in [1.165, 1.54) is 44.3 Å². The maximum absolute atomic E-state index is 11.4. The lowest BCUT2D eigenvalue weighted by Gasteiger charge is -2.11. The Bertz CT molecular complexity index is 763. The van der Waals surface area contributed by atoms with Crippen molar-refractivity contribution >= 4 is 40.4 Å². The molecule has 0 amide bonds. The lowest BCUT2D eigenvalue weighted by molar-refractivity contribution is -0.107. The van der Waals surface area contributed by atoms with Gasteiger partial charge in [0.15, 0.2) is 0 Å². The van der Waals surface area contributed by atoms with Gasteiger partial charge in [0, 0.05) is 10.7 Å². The number of allylic oxidation sites excluding steroid dienone is 1. The minimum atomic E-state index is 0.0385. The van der Waals surface area contributed by atoms with Crippen LogP contribution in [0.25, 0.3) is 11.1 Å². The molecule has 122 valence electrons. The van der Waals surface area contributed by atoms with E-state index in [0.29, 0.717) is 4.58 Å². The molecule has 1 nitrogen and oxygen atoms in total. The van der Waals surface area contributed by atoms with Crippen LogP contribution in [0.15, 0.2) is 77.1 Å². The smallest absolute Gasteiger partial charge is 0.211 e. The molecular formula is C20H18OS3. The maximum Gasteiger partial charge on any atom is 0.211 e. The summed E-state index contributed by atoms with van der Waals surface area (Å²) in [5, 5.41) is 0.0385. The Morgan fingerprint density at radius 2 is 1.75 bits per heavy atom. The molecule has 1 aliphatic rings. The zero-order valence-corrected chi connectivity index (χ0v) is 15.8. The Morgan fingerprint density at radius 3 is 2.42 bits per heavy atom. The van der Waals surface area contributed by atoms with Crippen LogP contribution in [-0.2, 0) is 4.79 Å². The van der Waals surface area contributed by atoms with Gasteiger partial charge < -0.3 is 0 Å². The van der Waals surface area contributed by atoms with E-state index in [1.54, 1.807) is 0 Å². The summed E-state index contributed by atoms with van der Waals surface area (Å²) in [4.78, 5) is 14.0. The van der Waals surface area contributed by atoms with Gasteiger partial charge in [-0.3, -0.25) is 4.79 Å². The van der Waals surface area contributed by atoms with Gasteiger partial charge in [0.2, 0.25) is 5.12 Å². The monoisotopic (exact) mass is 370 g/mol. The number of carbonyl (C=O) groups excluding carboxylic acids is 1. The van der Waals surface area contributed by atoms with Crippen LogP contribution >= 0.6 is 35.3 Å². The first kappa shape index (κ1) is 17.5. The number of carbonyl (C=O) groups is 1. The molecule has 24 heavy (non-hydrogen) atoms. The molecule has 0 N–H and O–H groups in total. The highest BCUT2D eigenvalue weighted by molar-refractivity contribution is 8.23. The number of hydrogen-bond donors (Lipinski definition) is 0. The van der Waals surface area contributed by atoms with Crippen molar-refractivity contribution in [1.82, 2.24) is 0 Å². The van der Waals surface area contributed by atoms with Gasteiger partial charge in [0.1, 0.15) is 0 Å². The second-order valence-corrected chi connectivity index (χ2v) is 9.14. The molecule has 1 aliphatic heterocycles. The fourth-order valence-corrected chi connectivity index (χ4v) is 6.34. The molecule has 4 heteroatoms. The van der Waals surface area contributed by atoms with Crippen LogP contribution in [0.3, 0.4) is 0 Å². The highest BCUT2D eigenvalue weighted by Crippen LogP contribution is 2.55. The first-order valence-electron chi connectivity index (χ1n) is 7.65. The molecule has 0 saturated heterocycles. The van der Waals surface area contributed by atoms with Crippen LogP contribution in [0, 0.1) is 0 Å². The third kappa shape index (κ3) is 4.18. The van der Waals surface area contributed by atoms with Crippen LogP contribution < -0.4 is 0 Å². The molecule has 0 saturated carbocycles. The van der Waals surface area contributed by atoms with Gasteiger partial charge in [-0.05, 0) is 34.6 Å². The summed E-state index contributed by atoms with van der Waals surface area (Å²) in [5.74, 6) is 0.743. The van der Waals surface area contributed by atoms with Crippen molar-refractivity contribution in [2.75, 3.05) is 5.75 Å². The van der Waals surface area contributed by atoms with E-state index in [0.717, 1.165) is 5.75 Å². The van der Waals surface area contributed by atoms with Gasteiger partial charge in [-0.1, -0.05) is 72.9 Å². The van der Waals surface area contributed by atoms with Gasteiger partial charge in [0.05, 0.1) is 4.58 Å². The van der Waals surface area contributed by atoms with Crippen molar-refractivity contribution < 1.29 is 4.79 Å². The van der Waals surface area contributed by atoms with Crippen LogP contribution in [0.2, 0.25) is 0 Å². The topological polar surface area (TPSA) is 17.1 Å². The minimum Gasteiger partial charge on any atom is -0.282 e. The van der Waals surface area contributed by atoms with Gasteiger partial charge >= 0.3 is 0 Å². The Balaban J connectivity index is 1.66. The van der Waals surface area contributed by atoms with E-state index in [4.69, 9.17) is 0 Å². The molecule has 0 radical (unpaired) electrons. The van der Waals surface area contributed by atoms with Crippen LogP contribution in [0.4, 0.5) is 0 Å². The summed E-state index contributed by atoms with van der Waals surface area (Å²) in [5.41, 5.74) is 3.80. The number of thioether (sulfide) groups is 3. The average Bonchev–Trinajstić information content (AvgIpc) is 3.01. The van der Waals surface area contributed by atoms with Crippen molar-refractivity contribution in [2.24, 2.45) is 0 Å². The predicted octanol–water partition coefficient (Wildman–Crippen LogP) is 6.51. The normalized spacial score (nSPS) is 17.1. The summed E-state index contributed by atoms with van der Waals surface area (Å²) in [6.07, 6.45) is 1.38. The van der Waals surface area contributed by atoms with E-state index >= 15 is 0 Å². The van der Waals surface area contributed by atoms with E-state index in [2.05, 4.69) is 62.0 Å². The molecule has 0 spiro atoms. The van der Waals surface area contributed by atoms with E-state index < -0.39 is 0 Å². The second kappa shape index (κ2) is 8.15. The molecule has 0 fully saturated rings. The summed E-state index contributed by atoms with van der Waals surface area (Å²) < 4.78 is 0.379. The zero-order chi connectivity index (χ0) is 16.9. The van der Waals surface area contributed by atoms with Gasteiger partial charge in [-0.2, -0.15) is 0 Å². The Morgan fingerprint density at radius 1 is 1.08 bits per heavy atom. The van der Waals surface area contributed by atoms with Crippen molar-refractivity contribution in [3.05, 3.63) is 82.6 Å². The van der Waals surface area contributed by atoms with Crippen LogP contribution in [0.5, 0.6) is 0 Å². The summed E-state index contributed by atoms with van der Waals surface area (Å²) >= 11 is 5.07. The van der Waals surface area contributed by atoms with E-state index in [9.17, 15) is 4.79 Å². The summed E-state index contributed by atoms with van der Waals surface area (Å²) in [7, 11) is 0. The molecule has 0 aliphatic carbocycles. The number of hydrogen-bond acceptors (Lipinski definition) is 4. The minimum absolute atomic E-state index is 0.0385. The number of benzene rings is 2. The first-order chi connectivity index (χ1) is 11.7. The van der Waals surface area contributed by atoms with Crippen LogP contribution in [0.1, 0.15) is 17.1 Å². The lowest BCUT2D eigenvalue weighted by atomic mass is 10.0. The van der Waals surface area contributed by atoms with Crippen molar-refractivity contribution in [2.45, 2.75) is 11.5 Å². The largest absolute Gasteiger partial charge is 0.282 e. The number of rotatable bonds is 5. The molecule has 2 aromatic rings. The summed E-state index contributed by atoms with van der Waals surface area (Å²) in [6, 6.07) is 19.2. The molecule has 0 bridgehead atoms. The third-order valence-corrected chi connectivity index (χ3v) is 7.81. The van der Waals surface area contributed by atoms with Gasteiger partial charge in [0.25, 0.3) is 0 Å². The third-order valence-electron chi connectivity index (χ3n) is 3.73. The fourth-order valence-electron chi connectivity index (χ4n) is 2.39. The standard InChI is InChI=1S/C20H18OS3/c1-3-19(21)22-13-18-14(2)23-20(24-18)17-11-9-16(10-12-17)15-7-5-4-6-8-15/h3-12,20H,1,13H2,2H3. The Hall–Kier alpha value is -1.36. The fraction of sp³-hybridized carbons (Fsp3) is 0.150. The quantitative estimate of drug-likeness (QED) is 0.558. The molecular weight excluding hydrogens is 352 g/mol.